The molecule has 0 aliphatic heterocycles. The fraction of sp³-hybridized carbons (Fsp3) is 0.688. The van der Waals surface area contributed by atoms with Gasteiger partial charge >= 0.3 is 0 Å². The fourth-order valence-corrected chi connectivity index (χ4v) is 3.71. The van der Waals surface area contributed by atoms with E-state index in [4.69, 9.17) is 0 Å². The molecule has 5 nitrogen and oxygen atoms in total. The molecule has 2 saturated carbocycles. The topological polar surface area (TPSA) is 74.8 Å². The van der Waals surface area contributed by atoms with Gasteiger partial charge in [0.15, 0.2) is 0 Å². The van der Waals surface area contributed by atoms with Gasteiger partial charge < -0.3 is 10.3 Å². The van der Waals surface area contributed by atoms with Crippen LogP contribution in [-0.2, 0) is 11.2 Å². The Balaban J connectivity index is 1.47. The standard InChI is InChI=1S/C16H23N3O2/c1-11-9-14(20)19-13(18-11)5-8-17-15(21)12-10-16(12)6-3-2-4-7-16/h9,12H,2-8,10H2,1H3,(H,17,21)(H,18,19,20). The number of nitrogens with zero attached hydrogens (tertiary/aromatic N) is 1. The molecule has 0 radical (unpaired) electrons. The molecule has 1 heterocycles. The number of hydrogen-bond acceptors (Lipinski definition) is 3. The second kappa shape index (κ2) is 5.62. The molecule has 0 aromatic carbocycles. The van der Waals surface area contributed by atoms with Crippen molar-refractivity contribution in [2.75, 3.05) is 6.54 Å². The van der Waals surface area contributed by atoms with Gasteiger partial charge in [0.25, 0.3) is 5.56 Å². The largest absolute Gasteiger partial charge is 0.355 e. The Morgan fingerprint density at radius 1 is 1.43 bits per heavy atom. The van der Waals surface area contributed by atoms with Crippen LogP contribution in [0.5, 0.6) is 0 Å². The molecule has 3 rings (SSSR count). The van der Waals surface area contributed by atoms with Gasteiger partial charge in [-0.15, -0.1) is 0 Å². The highest BCUT2D eigenvalue weighted by atomic mass is 16.2. The third-order valence-corrected chi connectivity index (χ3v) is 4.94. The summed E-state index contributed by atoms with van der Waals surface area (Å²) in [5, 5.41) is 3.00. The first kappa shape index (κ1) is 14.3. The molecule has 21 heavy (non-hydrogen) atoms. The van der Waals surface area contributed by atoms with Gasteiger partial charge in [0, 0.05) is 30.6 Å². The summed E-state index contributed by atoms with van der Waals surface area (Å²) < 4.78 is 0. The summed E-state index contributed by atoms with van der Waals surface area (Å²) in [6.07, 6.45) is 7.95. The Morgan fingerprint density at radius 3 is 2.90 bits per heavy atom. The lowest BCUT2D eigenvalue weighted by atomic mass is 9.84. The normalized spacial score (nSPS) is 23.0. The lowest BCUT2D eigenvalue weighted by Gasteiger charge is -2.22. The lowest BCUT2D eigenvalue weighted by Crippen LogP contribution is -2.30. The smallest absolute Gasteiger partial charge is 0.251 e. The zero-order valence-corrected chi connectivity index (χ0v) is 12.6. The van der Waals surface area contributed by atoms with Crippen molar-refractivity contribution in [1.82, 2.24) is 15.3 Å². The number of H-pyrrole nitrogens is 1. The summed E-state index contributed by atoms with van der Waals surface area (Å²) in [6.45, 7) is 2.34. The molecular formula is C16H23N3O2. The molecule has 1 atom stereocenters. The van der Waals surface area contributed by atoms with E-state index in [0.717, 1.165) is 6.42 Å². The van der Waals surface area contributed by atoms with Crippen molar-refractivity contribution >= 4 is 5.91 Å². The number of amides is 1. The molecule has 114 valence electrons. The van der Waals surface area contributed by atoms with Crippen molar-refractivity contribution < 1.29 is 4.79 Å². The van der Waals surface area contributed by atoms with Gasteiger partial charge in [-0.25, -0.2) is 4.98 Å². The second-order valence-electron chi connectivity index (χ2n) is 6.55. The minimum Gasteiger partial charge on any atom is -0.355 e. The molecule has 2 aliphatic rings. The number of rotatable bonds is 4. The summed E-state index contributed by atoms with van der Waals surface area (Å²) in [5.41, 5.74) is 0.911. The van der Waals surface area contributed by atoms with Crippen molar-refractivity contribution in [2.45, 2.75) is 51.9 Å². The van der Waals surface area contributed by atoms with Crippen LogP contribution in [0.3, 0.4) is 0 Å². The summed E-state index contributed by atoms with van der Waals surface area (Å²) >= 11 is 0. The van der Waals surface area contributed by atoms with Gasteiger partial charge in [-0.05, 0) is 31.6 Å². The van der Waals surface area contributed by atoms with Crippen molar-refractivity contribution in [1.29, 1.82) is 0 Å². The van der Waals surface area contributed by atoms with Gasteiger partial charge in [-0.2, -0.15) is 0 Å². The van der Waals surface area contributed by atoms with Gasteiger partial charge in [-0.1, -0.05) is 19.3 Å². The highest BCUT2D eigenvalue weighted by Gasteiger charge is 2.57. The van der Waals surface area contributed by atoms with Crippen LogP contribution in [0.2, 0.25) is 0 Å². The van der Waals surface area contributed by atoms with E-state index in [2.05, 4.69) is 15.3 Å². The van der Waals surface area contributed by atoms with Crippen molar-refractivity contribution in [2.24, 2.45) is 11.3 Å². The highest BCUT2D eigenvalue weighted by molar-refractivity contribution is 5.82. The predicted molar refractivity (Wildman–Crippen MR) is 79.9 cm³/mol. The van der Waals surface area contributed by atoms with Gasteiger partial charge in [-0.3, -0.25) is 9.59 Å². The van der Waals surface area contributed by atoms with Crippen LogP contribution >= 0.6 is 0 Å². The summed E-state index contributed by atoms with van der Waals surface area (Å²) in [6, 6.07) is 1.47. The fourth-order valence-electron chi connectivity index (χ4n) is 3.71. The third-order valence-electron chi connectivity index (χ3n) is 4.94. The first-order valence-corrected chi connectivity index (χ1v) is 7.94. The molecule has 1 aromatic rings. The molecule has 1 spiro atoms. The van der Waals surface area contributed by atoms with Crippen LogP contribution in [0.4, 0.5) is 0 Å². The van der Waals surface area contributed by atoms with E-state index >= 15 is 0 Å². The zero-order valence-electron chi connectivity index (χ0n) is 12.6. The maximum atomic E-state index is 12.2. The number of hydrogen-bond donors (Lipinski definition) is 2. The zero-order chi connectivity index (χ0) is 14.9. The maximum Gasteiger partial charge on any atom is 0.251 e. The van der Waals surface area contributed by atoms with E-state index < -0.39 is 0 Å². The monoisotopic (exact) mass is 289 g/mol. The number of carbonyl (C=O) groups excluding carboxylic acids is 1. The molecular weight excluding hydrogens is 266 g/mol. The highest BCUT2D eigenvalue weighted by Crippen LogP contribution is 2.61. The Kier molecular flexibility index (Phi) is 3.83. The molecule has 2 fully saturated rings. The van der Waals surface area contributed by atoms with Crippen LogP contribution in [0.1, 0.15) is 50.0 Å². The van der Waals surface area contributed by atoms with Crippen molar-refractivity contribution in [3.8, 4) is 0 Å². The van der Waals surface area contributed by atoms with Crippen LogP contribution in [-0.4, -0.2) is 22.4 Å². The van der Waals surface area contributed by atoms with E-state index in [0.29, 0.717) is 29.9 Å². The van der Waals surface area contributed by atoms with Crippen LogP contribution in [0.15, 0.2) is 10.9 Å². The average molecular weight is 289 g/mol. The number of aromatic amines is 1. The SMILES string of the molecule is Cc1cc(=O)[nH]c(CCNC(=O)C2CC23CCCCC3)n1. The van der Waals surface area contributed by atoms with Crippen molar-refractivity contribution in [3.63, 3.8) is 0 Å². The molecule has 1 unspecified atom stereocenters. The van der Waals surface area contributed by atoms with E-state index in [1.54, 1.807) is 6.92 Å². The Morgan fingerprint density at radius 2 is 2.19 bits per heavy atom. The number of aromatic nitrogens is 2. The molecule has 0 bridgehead atoms. The van der Waals surface area contributed by atoms with Gasteiger partial charge in [0.05, 0.1) is 0 Å². The van der Waals surface area contributed by atoms with E-state index in [-0.39, 0.29) is 17.4 Å². The Labute approximate surface area is 124 Å². The van der Waals surface area contributed by atoms with E-state index in [9.17, 15) is 9.59 Å². The number of aryl methyl sites for hydroxylation is 1. The molecule has 0 saturated heterocycles. The lowest BCUT2D eigenvalue weighted by molar-refractivity contribution is -0.123. The predicted octanol–water partition coefficient (Wildman–Crippen LogP) is 1.71. The van der Waals surface area contributed by atoms with Gasteiger partial charge in [0.1, 0.15) is 5.82 Å². The van der Waals surface area contributed by atoms with E-state index in [1.807, 2.05) is 0 Å². The minimum absolute atomic E-state index is 0.132. The van der Waals surface area contributed by atoms with Crippen molar-refractivity contribution in [3.05, 3.63) is 27.9 Å². The molecule has 1 aromatic heterocycles. The maximum absolute atomic E-state index is 12.2. The first-order valence-electron chi connectivity index (χ1n) is 7.94. The minimum atomic E-state index is -0.132. The Bertz CT molecular complexity index is 587. The number of nitrogens with one attached hydrogen (secondary N) is 2. The quantitative estimate of drug-likeness (QED) is 0.886. The molecule has 5 heteroatoms. The van der Waals surface area contributed by atoms with E-state index in [1.165, 1.54) is 38.2 Å². The van der Waals surface area contributed by atoms with Crippen LogP contribution in [0, 0.1) is 18.3 Å². The number of carbonyl (C=O) groups is 1. The third kappa shape index (κ3) is 3.17. The first-order chi connectivity index (χ1) is 10.1. The molecule has 2 aliphatic carbocycles. The van der Waals surface area contributed by atoms with Crippen LogP contribution < -0.4 is 10.9 Å². The molecule has 1 amide bonds. The molecule has 2 N–H and O–H groups in total. The summed E-state index contributed by atoms with van der Waals surface area (Å²) in [4.78, 5) is 30.5. The summed E-state index contributed by atoms with van der Waals surface area (Å²) in [7, 11) is 0. The van der Waals surface area contributed by atoms with Gasteiger partial charge in [0.2, 0.25) is 5.91 Å². The second-order valence-corrected chi connectivity index (χ2v) is 6.55. The van der Waals surface area contributed by atoms with Crippen LogP contribution in [0.25, 0.3) is 0 Å². The summed E-state index contributed by atoms with van der Waals surface area (Å²) in [5.74, 6) is 1.05. The Hall–Kier alpha value is -1.65. The average Bonchev–Trinajstić information content (AvgIpc) is 3.12.